The molecule has 1 atom stereocenters. The molecule has 84 valence electrons. The van der Waals surface area contributed by atoms with Crippen molar-refractivity contribution >= 4 is 33.1 Å². The maximum Gasteiger partial charge on any atom is 0.185 e. The summed E-state index contributed by atoms with van der Waals surface area (Å²) in [7, 11) is 0. The normalized spacial score (nSPS) is 12.4. The largest absolute Gasteiger partial charge is 0.389 e. The lowest BCUT2D eigenvalue weighted by Crippen LogP contribution is -2.06. The van der Waals surface area contributed by atoms with Gasteiger partial charge in [0, 0.05) is 5.02 Å². The second-order valence-electron chi connectivity index (χ2n) is 3.46. The Morgan fingerprint density at radius 3 is 2.81 bits per heavy atom. The first-order valence-corrected chi connectivity index (χ1v) is 6.08. The molecule has 3 N–H and O–H groups in total. The van der Waals surface area contributed by atoms with E-state index in [0.29, 0.717) is 5.00 Å². The number of nitrogen functional groups attached to an aromatic ring is 1. The Balaban J connectivity index is 2.14. The highest BCUT2D eigenvalue weighted by Crippen LogP contribution is 2.28. The van der Waals surface area contributed by atoms with Crippen LogP contribution in [0, 0.1) is 0 Å². The molecule has 2 rings (SSSR count). The Hall–Kier alpha value is -1.26. The number of thiazole rings is 1. The number of rotatable bonds is 3. The second kappa shape index (κ2) is 4.72. The number of benzene rings is 1. The molecule has 0 amide bonds. The van der Waals surface area contributed by atoms with Crippen LogP contribution in [-0.2, 0) is 0 Å². The quantitative estimate of drug-likeness (QED) is 0.880. The Bertz CT molecular complexity index is 484. The fraction of sp³-hybridized carbons (Fsp3) is 0.182. The lowest BCUT2D eigenvalue weighted by molar-refractivity contribution is 0.882. The van der Waals surface area contributed by atoms with Crippen LogP contribution >= 0.6 is 22.9 Å². The summed E-state index contributed by atoms with van der Waals surface area (Å²) >= 11 is 7.54. The van der Waals surface area contributed by atoms with Gasteiger partial charge in [0.05, 0.1) is 12.2 Å². The monoisotopic (exact) mass is 253 g/mol. The summed E-state index contributed by atoms with van der Waals surface area (Å²) in [5.74, 6) is 0. The molecule has 0 radical (unpaired) electrons. The van der Waals surface area contributed by atoms with Gasteiger partial charge in [0.1, 0.15) is 5.00 Å². The van der Waals surface area contributed by atoms with E-state index >= 15 is 0 Å². The minimum absolute atomic E-state index is 0.110. The summed E-state index contributed by atoms with van der Waals surface area (Å²) in [5.41, 5.74) is 6.67. The maximum absolute atomic E-state index is 6.11. The van der Waals surface area contributed by atoms with E-state index in [4.69, 9.17) is 17.3 Å². The van der Waals surface area contributed by atoms with Crippen molar-refractivity contribution in [2.75, 3.05) is 11.1 Å². The van der Waals surface area contributed by atoms with Gasteiger partial charge in [-0.25, -0.2) is 4.98 Å². The van der Waals surface area contributed by atoms with Gasteiger partial charge in [0.2, 0.25) is 0 Å². The van der Waals surface area contributed by atoms with Crippen molar-refractivity contribution in [3.05, 3.63) is 41.0 Å². The van der Waals surface area contributed by atoms with Crippen LogP contribution in [-0.4, -0.2) is 4.98 Å². The molecule has 1 unspecified atom stereocenters. The lowest BCUT2D eigenvalue weighted by atomic mass is 10.1. The lowest BCUT2D eigenvalue weighted by Gasteiger charge is -2.14. The molecule has 0 bridgehead atoms. The number of hydrogen-bond donors (Lipinski definition) is 2. The highest BCUT2D eigenvalue weighted by Gasteiger charge is 2.10. The molecule has 0 spiro atoms. The van der Waals surface area contributed by atoms with E-state index < -0.39 is 0 Å². The summed E-state index contributed by atoms with van der Waals surface area (Å²) in [4.78, 5) is 4.15. The van der Waals surface area contributed by atoms with Crippen LogP contribution in [0.5, 0.6) is 0 Å². The van der Waals surface area contributed by atoms with Crippen molar-refractivity contribution in [2.24, 2.45) is 0 Å². The average Bonchev–Trinajstić information content (AvgIpc) is 2.64. The molecule has 0 aliphatic heterocycles. The number of hydrogen-bond acceptors (Lipinski definition) is 4. The molecular weight excluding hydrogens is 242 g/mol. The number of nitrogens with zero attached hydrogens (tertiary/aromatic N) is 1. The summed E-state index contributed by atoms with van der Waals surface area (Å²) in [6, 6.07) is 7.87. The number of halogens is 1. The third-order valence-electron chi connectivity index (χ3n) is 2.24. The van der Waals surface area contributed by atoms with Crippen LogP contribution < -0.4 is 11.1 Å². The molecule has 0 saturated carbocycles. The molecule has 16 heavy (non-hydrogen) atoms. The highest BCUT2D eigenvalue weighted by molar-refractivity contribution is 7.19. The topological polar surface area (TPSA) is 50.9 Å². The Kier molecular flexibility index (Phi) is 3.31. The van der Waals surface area contributed by atoms with Gasteiger partial charge in [-0.15, -0.1) is 0 Å². The van der Waals surface area contributed by atoms with Crippen molar-refractivity contribution in [2.45, 2.75) is 13.0 Å². The minimum Gasteiger partial charge on any atom is -0.389 e. The molecule has 3 nitrogen and oxygen atoms in total. The van der Waals surface area contributed by atoms with Crippen LogP contribution in [0.3, 0.4) is 0 Å². The van der Waals surface area contributed by atoms with Gasteiger partial charge < -0.3 is 11.1 Å². The molecule has 1 aromatic carbocycles. The number of anilines is 2. The molecule has 0 aliphatic carbocycles. The Morgan fingerprint density at radius 1 is 1.44 bits per heavy atom. The molecular formula is C11H12ClN3S. The molecule has 5 heteroatoms. The van der Waals surface area contributed by atoms with Gasteiger partial charge in [0.15, 0.2) is 5.13 Å². The standard InChI is InChI=1S/C11H12ClN3S/c1-7(8-4-2-3-5-9(8)12)15-11-14-6-10(13)16-11/h2-7H,13H2,1H3,(H,14,15). The first kappa shape index (κ1) is 11.2. The van der Waals surface area contributed by atoms with Crippen LogP contribution in [0.4, 0.5) is 10.1 Å². The molecule has 1 aromatic heterocycles. The number of aromatic nitrogens is 1. The zero-order chi connectivity index (χ0) is 11.5. The smallest absolute Gasteiger partial charge is 0.185 e. The van der Waals surface area contributed by atoms with Crippen LogP contribution in [0.1, 0.15) is 18.5 Å². The molecule has 2 aromatic rings. The van der Waals surface area contributed by atoms with Gasteiger partial charge >= 0.3 is 0 Å². The van der Waals surface area contributed by atoms with Crippen molar-refractivity contribution in [1.82, 2.24) is 4.98 Å². The van der Waals surface area contributed by atoms with E-state index in [1.165, 1.54) is 11.3 Å². The third-order valence-corrected chi connectivity index (χ3v) is 3.34. The van der Waals surface area contributed by atoms with Crippen molar-refractivity contribution in [1.29, 1.82) is 0 Å². The van der Waals surface area contributed by atoms with Crippen molar-refractivity contribution in [3.8, 4) is 0 Å². The molecule has 0 aliphatic rings. The van der Waals surface area contributed by atoms with Gasteiger partial charge in [-0.2, -0.15) is 0 Å². The summed E-state index contributed by atoms with van der Waals surface area (Å²) in [5, 5.41) is 5.53. The van der Waals surface area contributed by atoms with Gasteiger partial charge in [0.25, 0.3) is 0 Å². The van der Waals surface area contributed by atoms with E-state index in [-0.39, 0.29) is 6.04 Å². The molecule has 1 heterocycles. The SMILES string of the molecule is CC(Nc1ncc(N)s1)c1ccccc1Cl. The fourth-order valence-electron chi connectivity index (χ4n) is 1.44. The van der Waals surface area contributed by atoms with Crippen molar-refractivity contribution in [3.63, 3.8) is 0 Å². The fourth-order valence-corrected chi connectivity index (χ4v) is 2.41. The third kappa shape index (κ3) is 2.46. The zero-order valence-corrected chi connectivity index (χ0v) is 10.3. The van der Waals surface area contributed by atoms with E-state index in [1.807, 2.05) is 31.2 Å². The van der Waals surface area contributed by atoms with E-state index in [9.17, 15) is 0 Å². The predicted molar refractivity (Wildman–Crippen MR) is 70.0 cm³/mol. The molecule has 0 fully saturated rings. The summed E-state index contributed by atoms with van der Waals surface area (Å²) in [6.45, 7) is 2.04. The Labute approximate surface area is 103 Å². The minimum atomic E-state index is 0.110. The van der Waals surface area contributed by atoms with Gasteiger partial charge in [-0.1, -0.05) is 41.1 Å². The zero-order valence-electron chi connectivity index (χ0n) is 8.77. The first-order valence-electron chi connectivity index (χ1n) is 4.89. The maximum atomic E-state index is 6.11. The summed E-state index contributed by atoms with van der Waals surface area (Å²) < 4.78 is 0. The summed E-state index contributed by atoms with van der Waals surface area (Å²) in [6.07, 6.45) is 1.65. The number of nitrogens with one attached hydrogen (secondary N) is 1. The number of nitrogens with two attached hydrogens (primary N) is 1. The van der Waals surface area contributed by atoms with E-state index in [0.717, 1.165) is 15.7 Å². The van der Waals surface area contributed by atoms with E-state index in [2.05, 4.69) is 10.3 Å². The van der Waals surface area contributed by atoms with E-state index in [1.54, 1.807) is 6.20 Å². The molecule has 0 saturated heterocycles. The second-order valence-corrected chi connectivity index (χ2v) is 4.92. The Morgan fingerprint density at radius 2 is 2.19 bits per heavy atom. The van der Waals surface area contributed by atoms with Crippen molar-refractivity contribution < 1.29 is 0 Å². The van der Waals surface area contributed by atoms with Crippen LogP contribution in [0.15, 0.2) is 30.5 Å². The first-order chi connectivity index (χ1) is 7.66. The van der Waals surface area contributed by atoms with Gasteiger partial charge in [-0.3, -0.25) is 0 Å². The predicted octanol–water partition coefficient (Wildman–Crippen LogP) is 3.55. The average molecular weight is 254 g/mol. The van der Waals surface area contributed by atoms with Crippen LogP contribution in [0.2, 0.25) is 5.02 Å². The van der Waals surface area contributed by atoms with Gasteiger partial charge in [-0.05, 0) is 18.6 Å². The highest BCUT2D eigenvalue weighted by atomic mass is 35.5. The van der Waals surface area contributed by atoms with Crippen LogP contribution in [0.25, 0.3) is 0 Å².